The van der Waals surface area contributed by atoms with E-state index < -0.39 is 10.2 Å². The van der Waals surface area contributed by atoms with Crippen molar-refractivity contribution >= 4 is 28.0 Å². The largest absolute Gasteiger partial charge is 2.00 e. The van der Waals surface area contributed by atoms with Crippen LogP contribution in [0.5, 0.6) is 5.75 Å². The van der Waals surface area contributed by atoms with E-state index in [-0.39, 0.29) is 22.8 Å². The van der Waals surface area contributed by atoms with Crippen LogP contribution in [0.2, 0.25) is 0 Å². The number of pyridine rings is 3. The van der Waals surface area contributed by atoms with Crippen LogP contribution in [-0.2, 0) is 23.6 Å². The molecule has 0 amide bonds. The zero-order valence-corrected chi connectivity index (χ0v) is 20.2. The second-order valence-corrected chi connectivity index (χ2v) is 7.68. The first-order valence-corrected chi connectivity index (χ1v) is 11.4. The average molecular weight is 554 g/mol. The molecule has 5 rings (SSSR count). The van der Waals surface area contributed by atoms with Crippen LogP contribution in [-0.4, -0.2) is 21.2 Å². The van der Waals surface area contributed by atoms with Crippen LogP contribution in [0.25, 0.3) is 21.8 Å². The van der Waals surface area contributed by atoms with Crippen molar-refractivity contribution in [1.29, 1.82) is 0 Å². The van der Waals surface area contributed by atoms with E-state index in [1.807, 2.05) is 36.4 Å². The third kappa shape index (κ3) is 9.65. The summed E-state index contributed by atoms with van der Waals surface area (Å²) >= 11 is 0. The second kappa shape index (κ2) is 14.2. The number of nitrogens with zero attached hydrogens (tertiary/aromatic N) is 4. The summed E-state index contributed by atoms with van der Waals surface area (Å²) in [5, 5.41) is 13.6. The molecule has 2 aromatic carbocycles. The number of fused-ring (bicyclic) bond motifs is 3. The second-order valence-electron chi connectivity index (χ2n) is 6.92. The smallest absolute Gasteiger partial charge is 0.872 e. The first kappa shape index (κ1) is 28.8. The minimum absolute atomic E-state index is 0. The Hall–Kier alpha value is -3.47. The van der Waals surface area contributed by atoms with Crippen LogP contribution in [0.4, 0.5) is 0 Å². The Labute approximate surface area is 219 Å². The van der Waals surface area contributed by atoms with Gasteiger partial charge in [-0.2, -0.15) is 0 Å². The van der Waals surface area contributed by atoms with E-state index in [4.69, 9.17) is 18.6 Å². The molecule has 36 heavy (non-hydrogen) atoms. The summed E-state index contributed by atoms with van der Waals surface area (Å²) in [4.78, 5) is 17.0. The summed E-state index contributed by atoms with van der Waals surface area (Å²) in [5.41, 5.74) is 3.46. The summed E-state index contributed by atoms with van der Waals surface area (Å²) in [5.74, 6) is -0.00716. The quantitative estimate of drug-likeness (QED) is 0.168. The van der Waals surface area contributed by atoms with E-state index in [2.05, 4.69) is 44.2 Å². The fourth-order valence-electron chi connectivity index (χ4n) is 3.00. The number of hydrogen-bond donors (Lipinski definition) is 0. The minimum Gasteiger partial charge on any atom is -0.872 e. The van der Waals surface area contributed by atoms with Gasteiger partial charge < -0.3 is 5.11 Å². The van der Waals surface area contributed by atoms with Gasteiger partial charge in [0.15, 0.2) is 0 Å². The molecule has 0 bridgehead atoms. The van der Waals surface area contributed by atoms with Gasteiger partial charge in [-0.3, -0.25) is 19.9 Å². The molecule has 1 radical (unpaired) electrons. The molecule has 0 spiro atoms. The average Bonchev–Trinajstić information content (AvgIpc) is 2.85. The molecule has 5 aromatic rings. The van der Waals surface area contributed by atoms with E-state index in [0.717, 1.165) is 27.5 Å². The van der Waals surface area contributed by atoms with Gasteiger partial charge in [0.05, 0.1) is 23.3 Å². The minimum atomic E-state index is -4.94. The molecule has 9 nitrogen and oxygen atoms in total. The number of hydrogen-bond acceptors (Lipinski definition) is 9. The van der Waals surface area contributed by atoms with Crippen LogP contribution < -0.4 is 23.7 Å². The summed E-state index contributed by atoms with van der Waals surface area (Å²) in [6.07, 6.45) is 6.93. The van der Waals surface area contributed by atoms with Crippen molar-refractivity contribution in [3.63, 3.8) is 0 Å². The molecule has 3 aromatic heterocycles. The first-order valence-electron chi connectivity index (χ1n) is 10.2. The Balaban J connectivity index is 0.000000210. The van der Waals surface area contributed by atoms with Crippen molar-refractivity contribution < 1.29 is 51.1 Å². The van der Waals surface area contributed by atoms with Crippen molar-refractivity contribution in [2.45, 2.75) is 6.54 Å². The van der Waals surface area contributed by atoms with Crippen LogP contribution in [0.3, 0.4) is 0 Å². The van der Waals surface area contributed by atoms with Gasteiger partial charge in [0.2, 0.25) is 0 Å². The molecule has 0 fully saturated rings. The van der Waals surface area contributed by atoms with Gasteiger partial charge in [-0.05, 0) is 29.8 Å². The Morgan fingerprint density at radius 2 is 1.19 bits per heavy atom. The first-order chi connectivity index (χ1) is 16.8. The zero-order chi connectivity index (χ0) is 25.1. The molecule has 11 heteroatoms. The van der Waals surface area contributed by atoms with Gasteiger partial charge in [0, 0.05) is 35.6 Å². The predicted molar refractivity (Wildman–Crippen MR) is 118 cm³/mol. The molecule has 0 N–H and O–H groups in total. The standard InChI is InChI=1S/C13H12N2O.C12H8N2.ClHO4.Cu/c16-13-7-2-1-5-11(13)9-14-10-12-6-3-4-8-15-12;1-3-9-5-6-10-4-2-8-14-12(10)11(9)13-7-1;2-1(3,4)5;/h1-9,16H,10H2;1-8H;(H,2,3,4,5);/q;;;+2/p-2. The SMILES string of the molecule is [Cu+2].[O-][Cl+3]([O-])([O-])[O-].[O-]c1ccccc1C=NCc1ccccn1.c1cnc2c(c1)ccc1cccnc12. The van der Waals surface area contributed by atoms with Gasteiger partial charge >= 0.3 is 17.1 Å². The molecule has 3 heterocycles. The Bertz CT molecular complexity index is 1340. The monoisotopic (exact) mass is 553 g/mol. The van der Waals surface area contributed by atoms with E-state index in [1.54, 1.807) is 36.9 Å². The van der Waals surface area contributed by atoms with Crippen molar-refractivity contribution in [3.05, 3.63) is 109 Å². The summed E-state index contributed by atoms with van der Waals surface area (Å²) in [6.45, 7) is 0.495. The molecule has 0 aliphatic carbocycles. The maximum absolute atomic E-state index is 11.4. The van der Waals surface area contributed by atoms with Crippen LogP contribution in [0, 0.1) is 10.2 Å². The molecular weight excluding hydrogens is 535 g/mol. The van der Waals surface area contributed by atoms with Gasteiger partial charge in [-0.1, -0.05) is 54.6 Å². The molecule has 0 saturated carbocycles. The number of benzene rings is 2. The summed E-state index contributed by atoms with van der Waals surface area (Å²) in [6, 6.07) is 24.6. The molecule has 0 aliphatic heterocycles. The number of para-hydroxylation sites is 1. The molecule has 0 saturated heterocycles. The van der Waals surface area contributed by atoms with E-state index in [9.17, 15) is 5.11 Å². The molecule has 187 valence electrons. The van der Waals surface area contributed by atoms with Crippen molar-refractivity contribution in [1.82, 2.24) is 15.0 Å². The topological polar surface area (TPSA) is 166 Å². The van der Waals surface area contributed by atoms with Crippen LogP contribution in [0.1, 0.15) is 11.3 Å². The fraction of sp³-hybridized carbons (Fsp3) is 0.0400. The van der Waals surface area contributed by atoms with Crippen molar-refractivity contribution in [2.75, 3.05) is 0 Å². The molecule has 0 atom stereocenters. The molecule has 0 aliphatic rings. The molecule has 0 unspecified atom stereocenters. The molecular formula is C25H19ClCuN4O5. The van der Waals surface area contributed by atoms with E-state index in [1.165, 1.54) is 6.07 Å². The Kier molecular flexibility index (Phi) is 11.3. The van der Waals surface area contributed by atoms with E-state index in [0.29, 0.717) is 12.1 Å². The third-order valence-corrected chi connectivity index (χ3v) is 4.47. The normalized spacial score (nSPS) is 10.7. The zero-order valence-electron chi connectivity index (χ0n) is 18.5. The maximum atomic E-state index is 11.4. The number of aromatic nitrogens is 3. The van der Waals surface area contributed by atoms with Crippen molar-refractivity contribution in [3.8, 4) is 5.75 Å². The Morgan fingerprint density at radius 3 is 1.72 bits per heavy atom. The third-order valence-electron chi connectivity index (χ3n) is 4.47. The number of halogens is 1. The van der Waals surface area contributed by atoms with Gasteiger partial charge in [-0.15, -0.1) is 16.0 Å². The van der Waals surface area contributed by atoms with Gasteiger partial charge in [-0.25, -0.2) is 18.6 Å². The predicted octanol–water partition coefficient (Wildman–Crippen LogP) is -0.201. The van der Waals surface area contributed by atoms with Gasteiger partial charge in [0.1, 0.15) is 0 Å². The number of rotatable bonds is 3. The van der Waals surface area contributed by atoms with Gasteiger partial charge in [0.25, 0.3) is 0 Å². The van der Waals surface area contributed by atoms with Crippen LogP contribution in [0.15, 0.2) is 102 Å². The number of aliphatic imine (C=N–C) groups is 1. The maximum Gasteiger partial charge on any atom is 2.00 e. The van der Waals surface area contributed by atoms with E-state index >= 15 is 0 Å². The van der Waals surface area contributed by atoms with Crippen LogP contribution >= 0.6 is 0 Å². The van der Waals surface area contributed by atoms with Crippen molar-refractivity contribution in [2.24, 2.45) is 4.99 Å². The summed E-state index contributed by atoms with van der Waals surface area (Å²) in [7, 11) is -4.94. The Morgan fingerprint density at radius 1 is 0.667 bits per heavy atom. The summed E-state index contributed by atoms with van der Waals surface area (Å²) < 4.78 is 34.0. The fourth-order valence-corrected chi connectivity index (χ4v) is 3.00.